The van der Waals surface area contributed by atoms with Crippen molar-refractivity contribution in [2.45, 2.75) is 6.61 Å². The number of rotatable bonds is 6. The molecule has 1 heterocycles. The van der Waals surface area contributed by atoms with Crippen LogP contribution in [-0.4, -0.2) is 41.6 Å². The molecule has 6 nitrogen and oxygen atoms in total. The highest BCUT2D eigenvalue weighted by molar-refractivity contribution is 14.1. The number of carbonyl (C=O) groups is 2. The van der Waals surface area contributed by atoms with Crippen LogP contribution in [0.2, 0.25) is 0 Å². The Morgan fingerprint density at radius 1 is 1.36 bits per heavy atom. The molecule has 0 bridgehead atoms. The Bertz CT molecular complexity index is 636. The number of hydrogen-bond acceptors (Lipinski definition) is 5. The number of nitrogens with one attached hydrogen (secondary N) is 1. The number of benzene rings is 1. The van der Waals surface area contributed by atoms with Crippen molar-refractivity contribution >= 4 is 40.1 Å². The van der Waals surface area contributed by atoms with E-state index >= 15 is 0 Å². The second-order valence-corrected chi connectivity index (χ2v) is 5.38. The summed E-state index contributed by atoms with van der Waals surface area (Å²) in [7, 11) is 0. The molecule has 2 amide bonds. The summed E-state index contributed by atoms with van der Waals surface area (Å²) in [4.78, 5) is 24.5. The average Bonchev–Trinajstić information content (AvgIpc) is 2.69. The van der Waals surface area contributed by atoms with Gasteiger partial charge in [0.05, 0.1) is 18.8 Å². The third-order valence-electron chi connectivity index (χ3n) is 2.77. The van der Waals surface area contributed by atoms with Crippen molar-refractivity contribution in [3.05, 3.63) is 33.5 Å². The van der Waals surface area contributed by atoms with E-state index in [1.54, 1.807) is 0 Å². The van der Waals surface area contributed by atoms with Gasteiger partial charge < -0.3 is 15.2 Å². The van der Waals surface area contributed by atoms with Gasteiger partial charge in [0.25, 0.3) is 11.8 Å². The number of halogens is 3. The number of amides is 2. The summed E-state index contributed by atoms with van der Waals surface area (Å²) in [5.41, 5.74) is 0.527. The lowest BCUT2D eigenvalue weighted by Crippen LogP contribution is -2.34. The molecule has 0 spiro atoms. The monoisotopic (exact) mass is 424 g/mol. The van der Waals surface area contributed by atoms with Crippen molar-refractivity contribution in [1.29, 1.82) is 0 Å². The molecule has 118 valence electrons. The number of aliphatic hydroxyl groups is 1. The summed E-state index contributed by atoms with van der Waals surface area (Å²) >= 11 is 1.89. The van der Waals surface area contributed by atoms with E-state index < -0.39 is 18.4 Å². The van der Waals surface area contributed by atoms with Crippen LogP contribution in [0.25, 0.3) is 0 Å². The smallest absolute Gasteiger partial charge is 0.387 e. The van der Waals surface area contributed by atoms with E-state index in [4.69, 9.17) is 5.11 Å². The maximum absolute atomic E-state index is 12.1. The van der Waals surface area contributed by atoms with Crippen LogP contribution in [0, 0.1) is 3.57 Å². The number of anilines is 1. The van der Waals surface area contributed by atoms with Crippen molar-refractivity contribution in [1.82, 2.24) is 4.90 Å². The first-order chi connectivity index (χ1) is 10.4. The zero-order chi connectivity index (χ0) is 16.3. The molecule has 9 heteroatoms. The Kier molecular flexibility index (Phi) is 5.29. The fourth-order valence-electron chi connectivity index (χ4n) is 1.83. The minimum Gasteiger partial charge on any atom is -0.435 e. The minimum absolute atomic E-state index is 0.00494. The van der Waals surface area contributed by atoms with Gasteiger partial charge in [0.15, 0.2) is 0 Å². The molecule has 22 heavy (non-hydrogen) atoms. The van der Waals surface area contributed by atoms with Crippen LogP contribution in [0.3, 0.4) is 0 Å². The number of hydrogen-bond donors (Lipinski definition) is 2. The molecule has 0 fully saturated rings. The molecule has 2 rings (SSSR count). The lowest BCUT2D eigenvalue weighted by atomic mass is 10.3. The van der Waals surface area contributed by atoms with Gasteiger partial charge in [-0.25, -0.2) is 0 Å². The molecular weight excluding hydrogens is 413 g/mol. The predicted molar refractivity (Wildman–Crippen MR) is 81.3 cm³/mol. The molecule has 0 saturated heterocycles. The summed E-state index contributed by atoms with van der Waals surface area (Å²) in [6.45, 7) is -3.33. The number of ether oxygens (including phenoxy) is 1. The fourth-order valence-corrected chi connectivity index (χ4v) is 2.45. The van der Waals surface area contributed by atoms with Gasteiger partial charge in [-0.1, -0.05) is 0 Å². The van der Waals surface area contributed by atoms with E-state index in [9.17, 15) is 18.4 Å². The highest BCUT2D eigenvalue weighted by Crippen LogP contribution is 2.27. The van der Waals surface area contributed by atoms with Crippen LogP contribution in [-0.2, 0) is 9.59 Å². The van der Waals surface area contributed by atoms with Gasteiger partial charge in [-0.05, 0) is 40.8 Å². The van der Waals surface area contributed by atoms with Crippen LogP contribution in [0.5, 0.6) is 5.75 Å². The van der Waals surface area contributed by atoms with Crippen LogP contribution in [0.1, 0.15) is 0 Å². The average molecular weight is 424 g/mol. The Labute approximate surface area is 137 Å². The first-order valence-corrected chi connectivity index (χ1v) is 7.20. The highest BCUT2D eigenvalue weighted by Gasteiger charge is 2.30. The molecule has 2 N–H and O–H groups in total. The second kappa shape index (κ2) is 7.01. The topological polar surface area (TPSA) is 78.9 Å². The first kappa shape index (κ1) is 16.6. The summed E-state index contributed by atoms with van der Waals surface area (Å²) in [5, 5.41) is 11.6. The lowest BCUT2D eigenvalue weighted by molar-refractivity contribution is -0.137. The Hall–Kier alpha value is -1.75. The maximum Gasteiger partial charge on any atom is 0.387 e. The molecule has 0 radical (unpaired) electrons. The summed E-state index contributed by atoms with van der Waals surface area (Å²) < 4.78 is 29.1. The van der Waals surface area contributed by atoms with Gasteiger partial charge in [-0.15, -0.1) is 0 Å². The standard InChI is InChI=1S/C13H11F2IN2O4/c14-13(15)22-7-1-2-9(8(16)5-7)17-10-6-11(20)18(3-4-19)12(10)21/h1-2,5-6,13,17,19H,3-4H2. The lowest BCUT2D eigenvalue weighted by Gasteiger charge is -2.14. The third-order valence-corrected chi connectivity index (χ3v) is 3.66. The largest absolute Gasteiger partial charge is 0.435 e. The van der Waals surface area contributed by atoms with E-state index in [2.05, 4.69) is 10.1 Å². The molecule has 0 saturated carbocycles. The van der Waals surface area contributed by atoms with E-state index in [-0.39, 0.29) is 24.6 Å². The molecule has 1 aliphatic rings. The van der Waals surface area contributed by atoms with Gasteiger partial charge in [-0.2, -0.15) is 8.78 Å². The SMILES string of the molecule is O=C1C=C(Nc2ccc(OC(F)F)cc2I)C(=O)N1CCO. The number of imide groups is 1. The zero-order valence-corrected chi connectivity index (χ0v) is 13.2. The van der Waals surface area contributed by atoms with Gasteiger partial charge >= 0.3 is 6.61 Å². The summed E-state index contributed by atoms with van der Waals surface area (Å²) in [6.07, 6.45) is 1.12. The minimum atomic E-state index is -2.92. The van der Waals surface area contributed by atoms with E-state index in [0.717, 1.165) is 11.0 Å². The predicted octanol–water partition coefficient (Wildman–Crippen LogP) is 1.55. The summed E-state index contributed by atoms with van der Waals surface area (Å²) in [6, 6.07) is 4.17. The van der Waals surface area contributed by atoms with Gasteiger partial charge in [0, 0.05) is 9.65 Å². The molecule has 1 aromatic rings. The first-order valence-electron chi connectivity index (χ1n) is 6.12. The number of β-amino-alcohol motifs (C(OH)–C–C–N with tert-alkyl or cyclic N) is 1. The molecule has 1 aromatic carbocycles. The van der Waals surface area contributed by atoms with Crippen molar-refractivity contribution in [3.63, 3.8) is 0 Å². The Morgan fingerprint density at radius 2 is 2.09 bits per heavy atom. The van der Waals surface area contributed by atoms with E-state index in [1.807, 2.05) is 22.6 Å². The summed E-state index contributed by atoms with van der Waals surface area (Å²) in [5.74, 6) is -1.08. The fraction of sp³-hybridized carbons (Fsp3) is 0.231. The number of aliphatic hydroxyl groups excluding tert-OH is 1. The van der Waals surface area contributed by atoms with Crippen molar-refractivity contribution in [2.24, 2.45) is 0 Å². The zero-order valence-electron chi connectivity index (χ0n) is 11.1. The van der Waals surface area contributed by atoms with Crippen LogP contribution in [0.15, 0.2) is 30.0 Å². The van der Waals surface area contributed by atoms with Crippen molar-refractivity contribution in [2.75, 3.05) is 18.5 Å². The second-order valence-electron chi connectivity index (χ2n) is 4.22. The molecule has 0 atom stereocenters. The van der Waals surface area contributed by atoms with E-state index in [1.165, 1.54) is 18.2 Å². The van der Waals surface area contributed by atoms with Crippen LogP contribution >= 0.6 is 22.6 Å². The van der Waals surface area contributed by atoms with Crippen LogP contribution < -0.4 is 10.1 Å². The molecule has 1 aliphatic heterocycles. The number of nitrogens with zero attached hydrogens (tertiary/aromatic N) is 1. The van der Waals surface area contributed by atoms with Gasteiger partial charge in [-0.3, -0.25) is 14.5 Å². The van der Waals surface area contributed by atoms with Crippen LogP contribution in [0.4, 0.5) is 14.5 Å². The third kappa shape index (κ3) is 3.71. The Morgan fingerprint density at radius 3 is 2.68 bits per heavy atom. The number of alkyl halides is 2. The maximum atomic E-state index is 12.1. The normalized spacial score (nSPS) is 14.6. The molecular formula is C13H11F2IN2O4. The Balaban J connectivity index is 2.13. The highest BCUT2D eigenvalue weighted by atomic mass is 127. The quantitative estimate of drug-likeness (QED) is 0.536. The van der Waals surface area contributed by atoms with Gasteiger partial charge in [0.1, 0.15) is 11.4 Å². The van der Waals surface area contributed by atoms with Crippen molar-refractivity contribution in [3.8, 4) is 5.75 Å². The van der Waals surface area contributed by atoms with Gasteiger partial charge in [0.2, 0.25) is 0 Å². The van der Waals surface area contributed by atoms with Crippen molar-refractivity contribution < 1.29 is 28.2 Å². The van der Waals surface area contributed by atoms with E-state index in [0.29, 0.717) is 9.26 Å². The molecule has 0 unspecified atom stereocenters. The number of carbonyl (C=O) groups excluding carboxylic acids is 2. The molecule has 0 aliphatic carbocycles. The molecule has 0 aromatic heterocycles.